The van der Waals surface area contributed by atoms with E-state index in [0.717, 1.165) is 0 Å². The normalized spacial score (nSPS) is 12.4. The average Bonchev–Trinajstić information content (AvgIpc) is 2.81. The Kier molecular flexibility index (Phi) is 9.81. The first-order valence-corrected chi connectivity index (χ1v) is 10.7. The number of rotatable bonds is 12. The van der Waals surface area contributed by atoms with Gasteiger partial charge in [0.2, 0.25) is 0 Å². The molecular weight excluding hydrogens is 445 g/mol. The van der Waals surface area contributed by atoms with E-state index in [1.807, 2.05) is 0 Å². The summed E-state index contributed by atoms with van der Waals surface area (Å²) in [4.78, 5) is 24.9. The maximum absolute atomic E-state index is 14.6. The third-order valence-electron chi connectivity index (χ3n) is 4.82. The number of nitrogen functional groups attached to an aromatic ring is 1. The van der Waals surface area contributed by atoms with Gasteiger partial charge in [0.05, 0.1) is 13.7 Å². The Morgan fingerprint density at radius 2 is 1.88 bits per heavy atom. The molecule has 0 aliphatic rings. The monoisotopic (exact) mass is 475 g/mol. The molecule has 0 aliphatic heterocycles. The predicted octanol–water partition coefficient (Wildman–Crippen LogP) is 2.84. The first kappa shape index (κ1) is 26.6. The van der Waals surface area contributed by atoms with Crippen LogP contribution in [0.1, 0.15) is 43.6 Å². The van der Waals surface area contributed by atoms with Gasteiger partial charge in [-0.1, -0.05) is 12.1 Å². The van der Waals surface area contributed by atoms with Crippen molar-refractivity contribution < 1.29 is 32.9 Å². The van der Waals surface area contributed by atoms with Crippen molar-refractivity contribution in [3.05, 3.63) is 58.9 Å². The van der Waals surface area contributed by atoms with Crippen LogP contribution in [-0.2, 0) is 25.6 Å². The van der Waals surface area contributed by atoms with Crippen molar-refractivity contribution >= 4 is 17.7 Å². The average molecular weight is 476 g/mol. The zero-order chi connectivity index (χ0) is 25.3. The number of esters is 1. The largest absolute Gasteiger partial charge is 0.497 e. The van der Waals surface area contributed by atoms with Crippen molar-refractivity contribution in [2.24, 2.45) is 5.73 Å². The van der Waals surface area contributed by atoms with E-state index in [2.05, 4.69) is 5.32 Å². The summed E-state index contributed by atoms with van der Waals surface area (Å²) in [6, 6.07) is 8.87. The molecule has 0 bridgehead atoms. The standard InChI is InChI=1S/C24H30FN3O6/c1-5-32-21(18-10-9-17(31-4)12-19(18)25)23(29)28-13-16-8-7-15(22(26)27)11-20(16)34-14(3)24(30)33-6-2/h7-12,14,21H,5-6,13H2,1-4H3,(H3,26,27)(H,28,29)/t14-,21?/m1/s1. The number of carbonyl (C=O) groups is 2. The van der Waals surface area contributed by atoms with Crippen molar-refractivity contribution in [3.63, 3.8) is 0 Å². The highest BCUT2D eigenvalue weighted by Gasteiger charge is 2.25. The Hall–Kier alpha value is -3.66. The summed E-state index contributed by atoms with van der Waals surface area (Å²) in [5.41, 5.74) is 6.54. The van der Waals surface area contributed by atoms with E-state index in [9.17, 15) is 14.0 Å². The number of amides is 1. The third-order valence-corrected chi connectivity index (χ3v) is 4.82. The van der Waals surface area contributed by atoms with Crippen LogP contribution < -0.4 is 20.5 Å². The van der Waals surface area contributed by atoms with Gasteiger partial charge in [0.15, 0.2) is 12.2 Å². The Bertz CT molecular complexity index is 1030. The molecule has 0 heterocycles. The van der Waals surface area contributed by atoms with E-state index in [0.29, 0.717) is 16.9 Å². The van der Waals surface area contributed by atoms with E-state index < -0.39 is 29.9 Å². The van der Waals surface area contributed by atoms with Gasteiger partial charge in [-0.2, -0.15) is 0 Å². The highest BCUT2D eigenvalue weighted by Crippen LogP contribution is 2.26. The molecule has 0 fully saturated rings. The molecule has 34 heavy (non-hydrogen) atoms. The SMILES string of the molecule is CCOC(=O)[C@@H](C)Oc1cc(C(=N)N)ccc1CNC(=O)C(OCC)c1ccc(OC)cc1F. The molecule has 9 nitrogen and oxygen atoms in total. The Morgan fingerprint density at radius 1 is 1.15 bits per heavy atom. The first-order chi connectivity index (χ1) is 16.2. The smallest absolute Gasteiger partial charge is 0.347 e. The third kappa shape index (κ3) is 6.92. The summed E-state index contributed by atoms with van der Waals surface area (Å²) in [6.45, 7) is 5.28. The number of nitrogens with one attached hydrogen (secondary N) is 2. The van der Waals surface area contributed by atoms with Gasteiger partial charge in [-0.25, -0.2) is 9.18 Å². The topological polar surface area (TPSA) is 133 Å². The molecule has 1 unspecified atom stereocenters. The highest BCUT2D eigenvalue weighted by molar-refractivity contribution is 5.95. The van der Waals surface area contributed by atoms with Crippen molar-refractivity contribution in [1.29, 1.82) is 5.41 Å². The molecule has 2 aromatic carbocycles. The fourth-order valence-electron chi connectivity index (χ4n) is 3.07. The van der Waals surface area contributed by atoms with Gasteiger partial charge >= 0.3 is 5.97 Å². The van der Waals surface area contributed by atoms with Gasteiger partial charge in [-0.05, 0) is 39.0 Å². The Labute approximate surface area is 197 Å². The summed E-state index contributed by atoms with van der Waals surface area (Å²) >= 11 is 0. The number of nitrogens with two attached hydrogens (primary N) is 1. The predicted molar refractivity (Wildman–Crippen MR) is 123 cm³/mol. The van der Waals surface area contributed by atoms with E-state index in [-0.39, 0.29) is 36.9 Å². The van der Waals surface area contributed by atoms with Gasteiger partial charge in [-0.3, -0.25) is 10.2 Å². The molecule has 0 saturated heterocycles. The zero-order valence-corrected chi connectivity index (χ0v) is 19.6. The van der Waals surface area contributed by atoms with Crippen LogP contribution in [0.25, 0.3) is 0 Å². The first-order valence-electron chi connectivity index (χ1n) is 10.7. The number of carbonyl (C=O) groups excluding carboxylic acids is 2. The van der Waals surface area contributed by atoms with Crippen LogP contribution in [0.2, 0.25) is 0 Å². The van der Waals surface area contributed by atoms with Crippen molar-refractivity contribution in [3.8, 4) is 11.5 Å². The fourth-order valence-corrected chi connectivity index (χ4v) is 3.07. The lowest BCUT2D eigenvalue weighted by molar-refractivity contribution is -0.150. The highest BCUT2D eigenvalue weighted by atomic mass is 19.1. The molecule has 0 radical (unpaired) electrons. The number of benzene rings is 2. The molecule has 1 amide bonds. The molecule has 0 spiro atoms. The van der Waals surface area contributed by atoms with Crippen LogP contribution in [0.15, 0.2) is 36.4 Å². The number of amidine groups is 1. The molecule has 10 heteroatoms. The molecule has 2 aromatic rings. The van der Waals surface area contributed by atoms with Crippen LogP contribution in [0.4, 0.5) is 4.39 Å². The minimum Gasteiger partial charge on any atom is -0.497 e. The molecule has 0 saturated carbocycles. The molecule has 0 aliphatic carbocycles. The van der Waals surface area contributed by atoms with Gasteiger partial charge in [0.1, 0.15) is 23.2 Å². The Balaban J connectivity index is 2.25. The molecule has 0 aromatic heterocycles. The fraction of sp³-hybridized carbons (Fsp3) is 0.375. The quantitative estimate of drug-likeness (QED) is 0.244. The summed E-state index contributed by atoms with van der Waals surface area (Å²) < 4.78 is 35.8. The minimum atomic E-state index is -1.18. The second-order valence-corrected chi connectivity index (χ2v) is 7.19. The van der Waals surface area contributed by atoms with Crippen molar-refractivity contribution in [2.75, 3.05) is 20.3 Å². The Morgan fingerprint density at radius 3 is 2.47 bits per heavy atom. The van der Waals surface area contributed by atoms with Crippen LogP contribution in [-0.4, -0.2) is 44.1 Å². The van der Waals surface area contributed by atoms with Gasteiger partial charge in [-0.15, -0.1) is 0 Å². The van der Waals surface area contributed by atoms with E-state index in [4.69, 9.17) is 30.1 Å². The van der Waals surface area contributed by atoms with Crippen LogP contribution in [0, 0.1) is 11.2 Å². The lowest BCUT2D eigenvalue weighted by Crippen LogP contribution is -2.32. The van der Waals surface area contributed by atoms with Gasteiger partial charge in [0.25, 0.3) is 5.91 Å². The van der Waals surface area contributed by atoms with E-state index in [1.54, 1.807) is 32.0 Å². The minimum absolute atomic E-state index is 0.0107. The second-order valence-electron chi connectivity index (χ2n) is 7.19. The number of hydrogen-bond acceptors (Lipinski definition) is 7. The summed E-state index contributed by atoms with van der Waals surface area (Å²) in [5.74, 6) is -1.37. The van der Waals surface area contributed by atoms with E-state index >= 15 is 0 Å². The number of ether oxygens (including phenoxy) is 4. The van der Waals surface area contributed by atoms with Crippen LogP contribution >= 0.6 is 0 Å². The molecule has 2 rings (SSSR count). The molecule has 4 N–H and O–H groups in total. The summed E-state index contributed by atoms with van der Waals surface area (Å²) in [7, 11) is 1.42. The lowest BCUT2D eigenvalue weighted by Gasteiger charge is -2.20. The number of halogens is 1. The molecule has 2 atom stereocenters. The zero-order valence-electron chi connectivity index (χ0n) is 19.6. The van der Waals surface area contributed by atoms with Crippen LogP contribution in [0.3, 0.4) is 0 Å². The summed E-state index contributed by atoms with van der Waals surface area (Å²) in [6.07, 6.45) is -2.11. The molecule has 184 valence electrons. The lowest BCUT2D eigenvalue weighted by atomic mass is 10.1. The second kappa shape index (κ2) is 12.5. The number of methoxy groups -OCH3 is 1. The number of hydrogen-bond donors (Lipinski definition) is 3. The van der Waals surface area contributed by atoms with Gasteiger partial charge < -0.3 is 30.0 Å². The van der Waals surface area contributed by atoms with Gasteiger partial charge in [0, 0.05) is 35.9 Å². The van der Waals surface area contributed by atoms with E-state index in [1.165, 1.54) is 32.2 Å². The van der Waals surface area contributed by atoms with Crippen molar-refractivity contribution in [1.82, 2.24) is 5.32 Å². The van der Waals surface area contributed by atoms with Crippen molar-refractivity contribution in [2.45, 2.75) is 39.5 Å². The maximum atomic E-state index is 14.6. The summed E-state index contributed by atoms with van der Waals surface area (Å²) in [5, 5.41) is 10.4. The molecular formula is C24H30FN3O6. The maximum Gasteiger partial charge on any atom is 0.347 e. The van der Waals surface area contributed by atoms with Crippen LogP contribution in [0.5, 0.6) is 11.5 Å².